The number of imidazole rings is 1. The van der Waals surface area contributed by atoms with E-state index in [4.69, 9.17) is 0 Å². The number of fused-ring (bicyclic) bond motifs is 1. The average molecular weight is 354 g/mol. The Labute approximate surface area is 143 Å². The fourth-order valence-electron chi connectivity index (χ4n) is 2.92. The second-order valence-electron chi connectivity index (χ2n) is 5.66. The molecule has 1 aliphatic rings. The van der Waals surface area contributed by atoms with E-state index in [1.54, 1.807) is 21.6 Å². The fourth-order valence-corrected chi connectivity index (χ4v) is 3.53. The Morgan fingerprint density at radius 1 is 1.25 bits per heavy atom. The average Bonchev–Trinajstić information content (AvgIpc) is 2.91. The summed E-state index contributed by atoms with van der Waals surface area (Å²) in [5.74, 6) is -2.62. The number of rotatable bonds is 5. The first-order chi connectivity index (χ1) is 11.6. The number of nitrogens with zero attached hydrogens (tertiary/aromatic N) is 4. The van der Waals surface area contributed by atoms with Gasteiger partial charge in [0.05, 0.1) is 11.0 Å². The van der Waals surface area contributed by atoms with Gasteiger partial charge in [-0.2, -0.15) is 8.78 Å². The minimum atomic E-state index is -2.57. The lowest BCUT2D eigenvalue weighted by Crippen LogP contribution is -2.49. The van der Waals surface area contributed by atoms with Gasteiger partial charge in [0.25, 0.3) is 5.76 Å². The minimum absolute atomic E-state index is 0.0433. The number of carbonyl (C=O) groups excluding carboxylic acids is 1. The fraction of sp³-hybridized carbons (Fsp3) is 0.500. The topological polar surface area (TPSA) is 41.4 Å². The summed E-state index contributed by atoms with van der Waals surface area (Å²) in [7, 11) is 0. The number of hydrogen-bond donors (Lipinski definition) is 0. The number of hydrogen-bond acceptors (Lipinski definition) is 4. The van der Waals surface area contributed by atoms with Crippen LogP contribution >= 0.6 is 11.8 Å². The van der Waals surface area contributed by atoms with E-state index < -0.39 is 5.76 Å². The maximum atomic E-state index is 12.8. The molecule has 0 radical (unpaired) electrons. The third kappa shape index (κ3) is 3.70. The van der Waals surface area contributed by atoms with Crippen LogP contribution in [0.5, 0.6) is 0 Å². The van der Waals surface area contributed by atoms with Gasteiger partial charge in [-0.3, -0.25) is 4.79 Å². The summed E-state index contributed by atoms with van der Waals surface area (Å²) >= 11 is 0.383. The number of likely N-dealkylation sites (N-methyl/N-ethyl adjacent to an activating group) is 1. The maximum absolute atomic E-state index is 12.8. The molecule has 2 heterocycles. The van der Waals surface area contributed by atoms with Crippen LogP contribution in [-0.4, -0.2) is 63.7 Å². The van der Waals surface area contributed by atoms with Gasteiger partial charge in [0.1, 0.15) is 6.54 Å². The number of amides is 1. The number of aromatic nitrogens is 2. The normalized spacial score (nSPS) is 16.2. The molecule has 3 rings (SSSR count). The molecule has 0 aliphatic carbocycles. The molecule has 1 saturated heterocycles. The molecule has 2 aromatic rings. The zero-order chi connectivity index (χ0) is 17.1. The smallest absolute Gasteiger partial charge is 0.291 e. The van der Waals surface area contributed by atoms with Gasteiger partial charge in [-0.1, -0.05) is 19.1 Å². The van der Waals surface area contributed by atoms with E-state index in [1.165, 1.54) is 0 Å². The van der Waals surface area contributed by atoms with Crippen molar-refractivity contribution >= 4 is 28.7 Å². The maximum Gasteiger partial charge on any atom is 0.291 e. The second-order valence-corrected chi connectivity index (χ2v) is 6.62. The van der Waals surface area contributed by atoms with E-state index in [2.05, 4.69) is 16.8 Å². The molecule has 1 aliphatic heterocycles. The van der Waals surface area contributed by atoms with Gasteiger partial charge in [0.2, 0.25) is 5.91 Å². The van der Waals surface area contributed by atoms with Gasteiger partial charge in [0, 0.05) is 26.2 Å². The first kappa shape index (κ1) is 17.2. The van der Waals surface area contributed by atoms with Crippen LogP contribution in [0.1, 0.15) is 6.92 Å². The van der Waals surface area contributed by atoms with Crippen LogP contribution in [0.15, 0.2) is 29.4 Å². The molecule has 0 N–H and O–H groups in total. The quantitative estimate of drug-likeness (QED) is 0.774. The van der Waals surface area contributed by atoms with Crippen molar-refractivity contribution < 1.29 is 13.6 Å². The van der Waals surface area contributed by atoms with Gasteiger partial charge in [-0.15, -0.1) is 0 Å². The van der Waals surface area contributed by atoms with E-state index in [9.17, 15) is 13.6 Å². The first-order valence-electron chi connectivity index (χ1n) is 7.98. The van der Waals surface area contributed by atoms with Crippen LogP contribution in [0, 0.1) is 0 Å². The van der Waals surface area contributed by atoms with Crippen molar-refractivity contribution in [3.05, 3.63) is 24.3 Å². The molecule has 0 spiro atoms. The molecule has 0 bridgehead atoms. The molecular weight excluding hydrogens is 334 g/mol. The molecule has 5 nitrogen and oxygen atoms in total. The van der Waals surface area contributed by atoms with Crippen LogP contribution in [0.3, 0.4) is 0 Å². The van der Waals surface area contributed by atoms with Crippen molar-refractivity contribution in [1.29, 1.82) is 0 Å². The summed E-state index contributed by atoms with van der Waals surface area (Å²) in [6, 6.07) is 7.20. The zero-order valence-electron chi connectivity index (χ0n) is 13.5. The number of piperazine rings is 1. The lowest BCUT2D eigenvalue weighted by molar-refractivity contribution is -0.133. The molecule has 1 fully saturated rings. The summed E-state index contributed by atoms with van der Waals surface area (Å²) in [4.78, 5) is 20.9. The SMILES string of the molecule is CCN1CCN(C(=O)Cn2c(SC(F)F)nc3ccccc32)CC1. The molecule has 0 saturated carbocycles. The molecule has 1 aromatic carbocycles. The Morgan fingerprint density at radius 3 is 2.62 bits per heavy atom. The Balaban J connectivity index is 1.79. The van der Waals surface area contributed by atoms with E-state index in [1.807, 2.05) is 12.1 Å². The van der Waals surface area contributed by atoms with Crippen LogP contribution in [0.2, 0.25) is 0 Å². The van der Waals surface area contributed by atoms with Crippen molar-refractivity contribution in [3.8, 4) is 0 Å². The number of alkyl halides is 2. The summed E-state index contributed by atoms with van der Waals surface area (Å²) in [6.45, 7) is 6.18. The summed E-state index contributed by atoms with van der Waals surface area (Å²) < 4.78 is 27.2. The summed E-state index contributed by atoms with van der Waals surface area (Å²) in [6.07, 6.45) is 0. The van der Waals surface area contributed by atoms with Crippen molar-refractivity contribution in [2.24, 2.45) is 0 Å². The van der Waals surface area contributed by atoms with Crippen LogP contribution in [-0.2, 0) is 11.3 Å². The molecule has 130 valence electrons. The monoisotopic (exact) mass is 354 g/mol. The highest BCUT2D eigenvalue weighted by Crippen LogP contribution is 2.28. The van der Waals surface area contributed by atoms with E-state index in [0.29, 0.717) is 35.9 Å². The van der Waals surface area contributed by atoms with Gasteiger partial charge < -0.3 is 14.4 Å². The first-order valence-corrected chi connectivity index (χ1v) is 8.86. The highest BCUT2D eigenvalue weighted by atomic mass is 32.2. The zero-order valence-corrected chi connectivity index (χ0v) is 14.3. The Kier molecular flexibility index (Phi) is 5.35. The van der Waals surface area contributed by atoms with Crippen molar-refractivity contribution in [2.75, 3.05) is 32.7 Å². The lowest BCUT2D eigenvalue weighted by atomic mass is 10.3. The molecule has 8 heteroatoms. The van der Waals surface area contributed by atoms with Gasteiger partial charge in [-0.25, -0.2) is 4.98 Å². The minimum Gasteiger partial charge on any atom is -0.339 e. The summed E-state index contributed by atoms with van der Waals surface area (Å²) in [5.41, 5.74) is 1.34. The molecule has 1 aromatic heterocycles. The number of thioether (sulfide) groups is 1. The van der Waals surface area contributed by atoms with Crippen molar-refractivity contribution in [1.82, 2.24) is 19.4 Å². The molecular formula is C16H20F2N4OS. The highest BCUT2D eigenvalue weighted by molar-refractivity contribution is 7.99. The van der Waals surface area contributed by atoms with Gasteiger partial charge in [-0.05, 0) is 30.4 Å². The number of benzene rings is 1. The largest absolute Gasteiger partial charge is 0.339 e. The van der Waals surface area contributed by atoms with E-state index in [0.717, 1.165) is 19.6 Å². The predicted molar refractivity (Wildman–Crippen MR) is 90.3 cm³/mol. The van der Waals surface area contributed by atoms with E-state index in [-0.39, 0.29) is 17.6 Å². The molecule has 0 atom stereocenters. The van der Waals surface area contributed by atoms with E-state index >= 15 is 0 Å². The second kappa shape index (κ2) is 7.48. The third-order valence-corrected chi connectivity index (χ3v) is 4.98. The third-order valence-electron chi connectivity index (χ3n) is 4.28. The molecule has 1 amide bonds. The van der Waals surface area contributed by atoms with Crippen molar-refractivity contribution in [2.45, 2.75) is 24.4 Å². The van der Waals surface area contributed by atoms with Crippen LogP contribution < -0.4 is 0 Å². The lowest BCUT2D eigenvalue weighted by Gasteiger charge is -2.34. The highest BCUT2D eigenvalue weighted by Gasteiger charge is 2.23. The summed E-state index contributed by atoms with van der Waals surface area (Å²) in [5, 5.41) is 0.187. The Bertz CT molecular complexity index is 713. The standard InChI is InChI=1S/C16H20F2N4OS/c1-2-20-7-9-21(10-8-20)14(23)11-22-13-6-4-3-5-12(13)19-16(22)24-15(17)18/h3-6,15H,2,7-11H2,1H3. The Hall–Kier alpha value is -1.67. The number of carbonyl (C=O) groups is 1. The Morgan fingerprint density at radius 2 is 1.96 bits per heavy atom. The van der Waals surface area contributed by atoms with Crippen LogP contribution in [0.25, 0.3) is 11.0 Å². The molecule has 24 heavy (non-hydrogen) atoms. The van der Waals surface area contributed by atoms with Crippen molar-refractivity contribution in [3.63, 3.8) is 0 Å². The van der Waals surface area contributed by atoms with Gasteiger partial charge in [0.15, 0.2) is 5.16 Å². The van der Waals surface area contributed by atoms with Gasteiger partial charge >= 0.3 is 0 Å². The number of halogens is 2. The number of para-hydroxylation sites is 2. The predicted octanol–water partition coefficient (Wildman–Crippen LogP) is 2.52. The molecule has 0 unspecified atom stereocenters. The van der Waals surface area contributed by atoms with Crippen LogP contribution in [0.4, 0.5) is 8.78 Å².